The molecule has 0 radical (unpaired) electrons. The molecular weight excluding hydrogens is 289 g/mol. The number of likely N-dealkylation sites (tertiary alicyclic amines) is 1. The smallest absolute Gasteiger partial charge is 0.193 e. The molecule has 0 saturated carbocycles. The fraction of sp³-hybridized carbons (Fsp3) is 0.562. The Labute approximate surface area is 131 Å². The maximum Gasteiger partial charge on any atom is 0.193 e. The van der Waals surface area contributed by atoms with Crippen LogP contribution in [0.3, 0.4) is 0 Å². The van der Waals surface area contributed by atoms with Crippen LogP contribution in [0.5, 0.6) is 0 Å². The molecule has 1 aromatic rings. The van der Waals surface area contributed by atoms with Gasteiger partial charge in [0.1, 0.15) is 5.82 Å². The van der Waals surface area contributed by atoms with Crippen LogP contribution in [0, 0.1) is 11.7 Å². The second kappa shape index (κ2) is 7.64. The number of benzene rings is 1. The third-order valence-electron chi connectivity index (χ3n) is 3.86. The van der Waals surface area contributed by atoms with E-state index in [1.54, 1.807) is 6.07 Å². The van der Waals surface area contributed by atoms with Crippen molar-refractivity contribution in [3.63, 3.8) is 0 Å². The predicted octanol–water partition coefficient (Wildman–Crippen LogP) is 3.33. The maximum atomic E-state index is 13.0. The lowest BCUT2D eigenvalue weighted by Crippen LogP contribution is -2.46. The summed E-state index contributed by atoms with van der Waals surface area (Å²) in [5.41, 5.74) is 0.952. The zero-order chi connectivity index (χ0) is 15.2. The molecule has 0 spiro atoms. The van der Waals surface area contributed by atoms with E-state index >= 15 is 0 Å². The average Bonchev–Trinajstić information content (AvgIpc) is 2.45. The molecule has 0 amide bonds. The number of nitrogens with zero attached hydrogens (tertiary/aromatic N) is 2. The Morgan fingerprint density at radius 1 is 1.52 bits per heavy atom. The maximum absolute atomic E-state index is 13.0. The summed E-state index contributed by atoms with van der Waals surface area (Å²) in [7, 11) is 1.81. The zero-order valence-corrected chi connectivity index (χ0v) is 13.5. The molecule has 1 heterocycles. The van der Waals surface area contributed by atoms with E-state index in [1.165, 1.54) is 25.0 Å². The van der Waals surface area contributed by atoms with Crippen LogP contribution >= 0.6 is 11.6 Å². The van der Waals surface area contributed by atoms with Gasteiger partial charge in [-0.15, -0.1) is 0 Å². The minimum atomic E-state index is -0.296. The molecule has 3 nitrogen and oxygen atoms in total. The highest BCUT2D eigenvalue weighted by molar-refractivity contribution is 6.31. The molecule has 0 bridgehead atoms. The first-order valence-corrected chi connectivity index (χ1v) is 7.87. The number of aliphatic imine (C=N–C) groups is 1. The van der Waals surface area contributed by atoms with Crippen molar-refractivity contribution in [3.05, 3.63) is 34.6 Å². The molecule has 2 rings (SSSR count). The lowest BCUT2D eigenvalue weighted by Gasteiger charge is -2.33. The highest BCUT2D eigenvalue weighted by Gasteiger charge is 2.18. The fourth-order valence-corrected chi connectivity index (χ4v) is 3.01. The molecule has 1 aliphatic rings. The molecule has 1 unspecified atom stereocenters. The van der Waals surface area contributed by atoms with Gasteiger partial charge in [0, 0.05) is 31.7 Å². The van der Waals surface area contributed by atoms with Gasteiger partial charge in [0.15, 0.2) is 5.96 Å². The number of hydrogen-bond donors (Lipinski definition) is 1. The summed E-state index contributed by atoms with van der Waals surface area (Å²) in [5.74, 6) is 1.36. The van der Waals surface area contributed by atoms with E-state index in [0.717, 1.165) is 37.6 Å². The van der Waals surface area contributed by atoms with Crippen molar-refractivity contribution in [2.45, 2.75) is 26.2 Å². The van der Waals surface area contributed by atoms with Crippen molar-refractivity contribution >= 4 is 17.6 Å². The van der Waals surface area contributed by atoms with E-state index < -0.39 is 0 Å². The van der Waals surface area contributed by atoms with Crippen LogP contribution in [-0.2, 0) is 6.42 Å². The van der Waals surface area contributed by atoms with Crippen LogP contribution < -0.4 is 5.32 Å². The Hall–Kier alpha value is -1.29. The van der Waals surface area contributed by atoms with Gasteiger partial charge in [0.05, 0.1) is 0 Å². The minimum absolute atomic E-state index is 0.296. The topological polar surface area (TPSA) is 27.6 Å². The first-order valence-electron chi connectivity index (χ1n) is 7.49. The molecular formula is C16H23ClFN3. The third kappa shape index (κ3) is 4.60. The molecule has 116 valence electrons. The Balaban J connectivity index is 1.86. The van der Waals surface area contributed by atoms with Gasteiger partial charge in [-0.3, -0.25) is 4.99 Å². The lowest BCUT2D eigenvalue weighted by atomic mass is 10.0. The van der Waals surface area contributed by atoms with Gasteiger partial charge in [0.2, 0.25) is 0 Å². The van der Waals surface area contributed by atoms with Gasteiger partial charge >= 0.3 is 0 Å². The van der Waals surface area contributed by atoms with Gasteiger partial charge in [-0.25, -0.2) is 4.39 Å². The van der Waals surface area contributed by atoms with E-state index in [2.05, 4.69) is 22.1 Å². The van der Waals surface area contributed by atoms with E-state index in [1.807, 2.05) is 7.05 Å². The normalized spacial score (nSPS) is 19.7. The lowest BCUT2D eigenvalue weighted by molar-refractivity contribution is 0.266. The highest BCUT2D eigenvalue weighted by Crippen LogP contribution is 2.18. The third-order valence-corrected chi connectivity index (χ3v) is 4.21. The summed E-state index contributed by atoms with van der Waals surface area (Å²) in [6.45, 7) is 5.12. The second-order valence-corrected chi connectivity index (χ2v) is 6.06. The molecule has 0 aliphatic carbocycles. The number of guanidine groups is 1. The average molecular weight is 312 g/mol. The van der Waals surface area contributed by atoms with Crippen LogP contribution in [0.25, 0.3) is 0 Å². The number of nitrogens with one attached hydrogen (secondary N) is 1. The van der Waals surface area contributed by atoms with Crippen molar-refractivity contribution in [2.75, 3.05) is 26.7 Å². The van der Waals surface area contributed by atoms with E-state index in [4.69, 9.17) is 11.6 Å². The largest absolute Gasteiger partial charge is 0.356 e. The van der Waals surface area contributed by atoms with Crippen LogP contribution in [0.1, 0.15) is 25.3 Å². The van der Waals surface area contributed by atoms with Crippen LogP contribution in [0.15, 0.2) is 23.2 Å². The van der Waals surface area contributed by atoms with Crippen molar-refractivity contribution in [1.29, 1.82) is 0 Å². The Morgan fingerprint density at radius 3 is 3.00 bits per heavy atom. The molecule has 21 heavy (non-hydrogen) atoms. The van der Waals surface area contributed by atoms with Crippen molar-refractivity contribution in [1.82, 2.24) is 10.2 Å². The number of piperidine rings is 1. The quantitative estimate of drug-likeness (QED) is 0.685. The molecule has 1 N–H and O–H groups in total. The van der Waals surface area contributed by atoms with Gasteiger partial charge in [-0.2, -0.15) is 0 Å². The van der Waals surface area contributed by atoms with Crippen molar-refractivity contribution in [3.8, 4) is 0 Å². The summed E-state index contributed by atoms with van der Waals surface area (Å²) in [6.07, 6.45) is 3.26. The first-order chi connectivity index (χ1) is 10.1. The van der Waals surface area contributed by atoms with E-state index in [9.17, 15) is 4.39 Å². The number of rotatable bonds is 3. The Morgan fingerprint density at radius 2 is 2.33 bits per heavy atom. The molecule has 1 saturated heterocycles. The SMILES string of the molecule is CN=C(NCCc1ccc(F)cc1Cl)N1CCCC(C)C1. The molecule has 1 aliphatic heterocycles. The fourth-order valence-electron chi connectivity index (χ4n) is 2.75. The first kappa shape index (κ1) is 16.1. The summed E-state index contributed by atoms with van der Waals surface area (Å²) in [4.78, 5) is 6.66. The van der Waals surface area contributed by atoms with Gasteiger partial charge < -0.3 is 10.2 Å². The summed E-state index contributed by atoms with van der Waals surface area (Å²) < 4.78 is 13.0. The Bertz CT molecular complexity index is 504. The molecule has 1 fully saturated rings. The summed E-state index contributed by atoms with van der Waals surface area (Å²) in [5, 5.41) is 3.86. The molecule has 1 atom stereocenters. The highest BCUT2D eigenvalue weighted by atomic mass is 35.5. The van der Waals surface area contributed by atoms with Crippen LogP contribution in [-0.4, -0.2) is 37.5 Å². The summed E-state index contributed by atoms with van der Waals surface area (Å²) >= 11 is 6.04. The van der Waals surface area contributed by atoms with Crippen LogP contribution in [0.4, 0.5) is 4.39 Å². The number of hydrogen-bond acceptors (Lipinski definition) is 1. The molecule has 5 heteroatoms. The summed E-state index contributed by atoms with van der Waals surface area (Å²) in [6, 6.07) is 4.55. The van der Waals surface area contributed by atoms with E-state index in [-0.39, 0.29) is 5.82 Å². The monoisotopic (exact) mass is 311 g/mol. The second-order valence-electron chi connectivity index (χ2n) is 5.65. The standard InChI is InChI=1S/C16H23ClFN3/c1-12-4-3-9-21(11-12)16(19-2)20-8-7-13-5-6-14(18)10-15(13)17/h5-6,10,12H,3-4,7-9,11H2,1-2H3,(H,19,20). The predicted molar refractivity (Wildman–Crippen MR) is 86.4 cm³/mol. The number of halogens is 2. The minimum Gasteiger partial charge on any atom is -0.356 e. The molecule has 0 aromatic heterocycles. The Kier molecular flexibility index (Phi) is 5.85. The van der Waals surface area contributed by atoms with Gasteiger partial charge in [-0.05, 0) is 42.9 Å². The van der Waals surface area contributed by atoms with Crippen molar-refractivity contribution < 1.29 is 4.39 Å². The van der Waals surface area contributed by atoms with Crippen LogP contribution in [0.2, 0.25) is 5.02 Å². The van der Waals surface area contributed by atoms with Crippen molar-refractivity contribution in [2.24, 2.45) is 10.9 Å². The van der Waals surface area contributed by atoms with E-state index in [0.29, 0.717) is 10.9 Å². The van der Waals surface area contributed by atoms with Gasteiger partial charge in [0.25, 0.3) is 0 Å². The van der Waals surface area contributed by atoms with Gasteiger partial charge in [-0.1, -0.05) is 24.6 Å². The zero-order valence-electron chi connectivity index (χ0n) is 12.7. The molecule has 1 aromatic carbocycles.